The van der Waals surface area contributed by atoms with Gasteiger partial charge in [-0.3, -0.25) is 9.59 Å². The fraction of sp³-hybridized carbons (Fsp3) is 0.444. The average molecular weight is 525 g/mol. The van der Waals surface area contributed by atoms with E-state index in [1.807, 2.05) is 6.92 Å². The first-order valence-corrected chi connectivity index (χ1v) is 13.0. The smallest absolute Gasteiger partial charge is 0.247 e. The van der Waals surface area contributed by atoms with Crippen LogP contribution >= 0.6 is 0 Å². The Kier molecular flexibility index (Phi) is 9.36. The van der Waals surface area contributed by atoms with Crippen molar-refractivity contribution in [3.8, 4) is 17.1 Å². The largest absolute Gasteiger partial charge is 0.494 e. The van der Waals surface area contributed by atoms with Crippen LogP contribution in [0.5, 0.6) is 5.75 Å². The summed E-state index contributed by atoms with van der Waals surface area (Å²) in [5.74, 6) is -0.138. The van der Waals surface area contributed by atoms with Gasteiger partial charge in [-0.15, -0.1) is 10.2 Å². The Labute approximate surface area is 220 Å². The molecule has 1 aromatic heterocycles. The van der Waals surface area contributed by atoms with Gasteiger partial charge in [-0.2, -0.15) is 4.80 Å². The number of amides is 2. The number of aliphatic hydroxyl groups excluding tert-OH is 1. The van der Waals surface area contributed by atoms with Gasteiger partial charge in [0, 0.05) is 24.8 Å². The normalized spacial score (nSPS) is 14.3. The van der Waals surface area contributed by atoms with Gasteiger partial charge < -0.3 is 20.1 Å². The summed E-state index contributed by atoms with van der Waals surface area (Å²) in [5.41, 5.74) is 1.19. The molecule has 1 heterocycles. The Bertz CT molecular complexity index is 1200. The molecule has 10 nitrogen and oxygen atoms in total. The second-order valence-electron chi connectivity index (χ2n) is 9.21. The molecular weight excluding hydrogens is 491 g/mol. The van der Waals surface area contributed by atoms with E-state index in [-0.39, 0.29) is 43.3 Å². The van der Waals surface area contributed by atoms with Crippen LogP contribution in [-0.4, -0.2) is 67.8 Å². The van der Waals surface area contributed by atoms with Gasteiger partial charge in [0.25, 0.3) is 0 Å². The Morgan fingerprint density at radius 3 is 2.53 bits per heavy atom. The zero-order valence-corrected chi connectivity index (χ0v) is 21.4. The number of tetrazole rings is 1. The minimum absolute atomic E-state index is 0.0674. The Morgan fingerprint density at radius 2 is 1.87 bits per heavy atom. The predicted molar refractivity (Wildman–Crippen MR) is 137 cm³/mol. The fourth-order valence-corrected chi connectivity index (χ4v) is 4.61. The van der Waals surface area contributed by atoms with Crippen molar-refractivity contribution >= 4 is 11.8 Å². The number of rotatable bonds is 12. The molecule has 1 aliphatic rings. The molecule has 1 aliphatic carbocycles. The topological polar surface area (TPSA) is 122 Å². The highest BCUT2D eigenvalue weighted by atomic mass is 19.1. The molecule has 0 spiro atoms. The van der Waals surface area contributed by atoms with Crippen molar-refractivity contribution in [2.24, 2.45) is 0 Å². The van der Waals surface area contributed by atoms with Crippen LogP contribution in [0.15, 0.2) is 48.5 Å². The monoisotopic (exact) mass is 524 g/mol. The second-order valence-corrected chi connectivity index (χ2v) is 9.21. The number of hydrogen-bond acceptors (Lipinski definition) is 7. The van der Waals surface area contributed by atoms with Crippen LogP contribution in [0.2, 0.25) is 0 Å². The molecule has 38 heavy (non-hydrogen) atoms. The first-order valence-electron chi connectivity index (χ1n) is 13.0. The van der Waals surface area contributed by atoms with Crippen molar-refractivity contribution in [2.75, 3.05) is 19.8 Å². The van der Waals surface area contributed by atoms with E-state index in [0.717, 1.165) is 30.5 Å². The number of carbonyl (C=O) groups is 2. The third-order valence-corrected chi connectivity index (χ3v) is 6.48. The van der Waals surface area contributed by atoms with Crippen molar-refractivity contribution in [3.05, 3.63) is 59.9 Å². The van der Waals surface area contributed by atoms with Gasteiger partial charge in [0.2, 0.25) is 17.6 Å². The number of halogens is 1. The number of carbonyl (C=O) groups excluding carboxylic acids is 2. The summed E-state index contributed by atoms with van der Waals surface area (Å²) >= 11 is 0. The number of nitrogens with zero attached hydrogens (tertiary/aromatic N) is 5. The molecule has 2 aromatic carbocycles. The maximum Gasteiger partial charge on any atom is 0.247 e. The quantitative estimate of drug-likeness (QED) is 0.374. The van der Waals surface area contributed by atoms with E-state index in [2.05, 4.69) is 20.7 Å². The summed E-state index contributed by atoms with van der Waals surface area (Å²) in [4.78, 5) is 29.8. The summed E-state index contributed by atoms with van der Waals surface area (Å²) in [7, 11) is 0. The Hall–Kier alpha value is -3.86. The second kappa shape index (κ2) is 13.1. The molecule has 202 valence electrons. The molecule has 1 unspecified atom stereocenters. The molecule has 0 radical (unpaired) electrons. The van der Waals surface area contributed by atoms with Crippen LogP contribution in [0.4, 0.5) is 4.39 Å². The van der Waals surface area contributed by atoms with Gasteiger partial charge in [0.05, 0.1) is 6.61 Å². The van der Waals surface area contributed by atoms with E-state index in [0.29, 0.717) is 29.9 Å². The molecule has 0 bridgehead atoms. The molecule has 3 aromatic rings. The van der Waals surface area contributed by atoms with Crippen LogP contribution in [-0.2, 0) is 16.1 Å². The lowest BCUT2D eigenvalue weighted by atomic mass is 10.0. The molecule has 2 N–H and O–H groups in total. The van der Waals surface area contributed by atoms with E-state index >= 15 is 0 Å². The lowest BCUT2D eigenvalue weighted by Gasteiger charge is -2.32. The molecule has 11 heteroatoms. The van der Waals surface area contributed by atoms with Gasteiger partial charge in [-0.1, -0.05) is 25.0 Å². The SMILES string of the molecule is CCOc1ccc(C(C(=O)NC2CCCC2)N(CCCO)C(=O)Cn2nnc(-c3ccc(F)cc3)n2)cc1. The number of ether oxygens (including phenoxy) is 1. The third-order valence-electron chi connectivity index (χ3n) is 6.48. The van der Waals surface area contributed by atoms with Crippen LogP contribution in [0.25, 0.3) is 11.4 Å². The minimum atomic E-state index is -0.912. The maximum atomic E-state index is 13.6. The summed E-state index contributed by atoms with van der Waals surface area (Å²) < 4.78 is 18.8. The molecule has 1 atom stereocenters. The molecule has 1 fully saturated rings. The molecular formula is C27H33FN6O4. The van der Waals surface area contributed by atoms with Crippen LogP contribution in [0.1, 0.15) is 50.6 Å². The number of nitrogens with one attached hydrogen (secondary N) is 1. The molecule has 1 saturated carbocycles. The lowest BCUT2D eigenvalue weighted by molar-refractivity contribution is -0.142. The van der Waals surface area contributed by atoms with E-state index in [4.69, 9.17) is 4.74 Å². The van der Waals surface area contributed by atoms with Crippen molar-refractivity contribution < 1.29 is 23.8 Å². The van der Waals surface area contributed by atoms with E-state index < -0.39 is 11.9 Å². The number of aliphatic hydroxyl groups is 1. The Morgan fingerprint density at radius 1 is 1.16 bits per heavy atom. The molecule has 0 saturated heterocycles. The van der Waals surface area contributed by atoms with E-state index in [1.54, 1.807) is 24.3 Å². The first kappa shape index (κ1) is 27.2. The van der Waals surface area contributed by atoms with Gasteiger partial charge >= 0.3 is 0 Å². The zero-order valence-electron chi connectivity index (χ0n) is 21.4. The summed E-state index contributed by atoms with van der Waals surface area (Å²) in [6, 6.07) is 11.9. The third kappa shape index (κ3) is 6.91. The standard InChI is InChI=1S/C27H33FN6O4/c1-2-38-23-14-10-19(11-15-23)25(27(37)29-22-6-3-4-7-22)33(16-5-17-35)24(36)18-34-31-26(30-32-34)20-8-12-21(28)13-9-20/h8-15,22,25,35H,2-7,16-18H2,1H3,(H,29,37). The predicted octanol–water partition coefficient (Wildman–Crippen LogP) is 2.89. The molecule has 4 rings (SSSR count). The molecule has 0 aliphatic heterocycles. The van der Waals surface area contributed by atoms with Crippen LogP contribution < -0.4 is 10.1 Å². The van der Waals surface area contributed by atoms with Gasteiger partial charge in [-0.05, 0) is 73.4 Å². The van der Waals surface area contributed by atoms with Gasteiger partial charge in [0.15, 0.2) is 0 Å². The summed E-state index contributed by atoms with van der Waals surface area (Å²) in [6.07, 6.45) is 4.21. The Balaban J connectivity index is 1.59. The van der Waals surface area contributed by atoms with E-state index in [9.17, 15) is 19.1 Å². The summed E-state index contributed by atoms with van der Waals surface area (Å²) in [5, 5.41) is 24.9. The van der Waals surface area contributed by atoms with Crippen molar-refractivity contribution in [1.29, 1.82) is 0 Å². The van der Waals surface area contributed by atoms with Gasteiger partial charge in [0.1, 0.15) is 24.2 Å². The lowest BCUT2D eigenvalue weighted by Crippen LogP contribution is -2.47. The van der Waals surface area contributed by atoms with Crippen LogP contribution in [0.3, 0.4) is 0 Å². The number of hydrogen-bond donors (Lipinski definition) is 2. The zero-order chi connectivity index (χ0) is 26.9. The highest BCUT2D eigenvalue weighted by molar-refractivity contribution is 5.89. The van der Waals surface area contributed by atoms with Gasteiger partial charge in [-0.25, -0.2) is 4.39 Å². The average Bonchev–Trinajstić information content (AvgIpc) is 3.60. The van der Waals surface area contributed by atoms with E-state index in [1.165, 1.54) is 29.2 Å². The number of benzene rings is 2. The highest BCUT2D eigenvalue weighted by Crippen LogP contribution is 2.27. The number of aromatic nitrogens is 4. The van der Waals surface area contributed by atoms with Crippen molar-refractivity contribution in [2.45, 2.75) is 57.7 Å². The first-order chi connectivity index (χ1) is 18.5. The fourth-order valence-electron chi connectivity index (χ4n) is 4.61. The van der Waals surface area contributed by atoms with Crippen molar-refractivity contribution in [3.63, 3.8) is 0 Å². The summed E-state index contributed by atoms with van der Waals surface area (Å²) in [6.45, 7) is 2.16. The van der Waals surface area contributed by atoms with Crippen LogP contribution in [0, 0.1) is 5.82 Å². The van der Waals surface area contributed by atoms with Crippen molar-refractivity contribution in [1.82, 2.24) is 30.4 Å². The highest BCUT2D eigenvalue weighted by Gasteiger charge is 2.33. The molecule has 2 amide bonds. The maximum absolute atomic E-state index is 13.6. The minimum Gasteiger partial charge on any atom is -0.494 e.